The molecular formula is C14H15FN2O3S. The molecule has 7 heteroatoms. The van der Waals surface area contributed by atoms with E-state index in [2.05, 4.69) is 4.72 Å². The average molecular weight is 310 g/mol. The summed E-state index contributed by atoms with van der Waals surface area (Å²) >= 11 is 0. The Morgan fingerprint density at radius 1 is 1.24 bits per heavy atom. The molecule has 0 heterocycles. The Morgan fingerprint density at radius 2 is 1.95 bits per heavy atom. The summed E-state index contributed by atoms with van der Waals surface area (Å²) in [5.74, 6) is -0.765. The summed E-state index contributed by atoms with van der Waals surface area (Å²) in [6.45, 7) is 1.70. The lowest BCUT2D eigenvalue weighted by Gasteiger charge is -2.12. The topological polar surface area (TPSA) is 81.4 Å². The van der Waals surface area contributed by atoms with E-state index >= 15 is 0 Å². The van der Waals surface area contributed by atoms with Crippen LogP contribution in [0.5, 0.6) is 5.75 Å². The summed E-state index contributed by atoms with van der Waals surface area (Å²) in [5.41, 5.74) is 7.16. The van der Waals surface area contributed by atoms with Crippen LogP contribution < -0.4 is 15.2 Å². The fourth-order valence-corrected chi connectivity index (χ4v) is 2.92. The number of nitrogens with two attached hydrogens (primary N) is 1. The summed E-state index contributed by atoms with van der Waals surface area (Å²) in [6, 6.07) is 8.32. The molecule has 0 unspecified atom stereocenters. The third-order valence-corrected chi connectivity index (χ3v) is 4.42. The third kappa shape index (κ3) is 3.08. The van der Waals surface area contributed by atoms with Gasteiger partial charge in [0.1, 0.15) is 0 Å². The Kier molecular flexibility index (Phi) is 4.04. The second-order valence-corrected chi connectivity index (χ2v) is 6.10. The molecule has 21 heavy (non-hydrogen) atoms. The van der Waals surface area contributed by atoms with E-state index in [4.69, 9.17) is 10.5 Å². The van der Waals surface area contributed by atoms with E-state index in [9.17, 15) is 12.8 Å². The van der Waals surface area contributed by atoms with E-state index in [-0.39, 0.29) is 10.6 Å². The van der Waals surface area contributed by atoms with Crippen LogP contribution in [0.15, 0.2) is 41.3 Å². The summed E-state index contributed by atoms with van der Waals surface area (Å²) < 4.78 is 45.3. The maximum Gasteiger partial charge on any atom is 0.262 e. The van der Waals surface area contributed by atoms with E-state index in [1.165, 1.54) is 19.2 Å². The minimum absolute atomic E-state index is 0.0194. The number of rotatable bonds is 4. The molecule has 0 bridgehead atoms. The number of benzene rings is 2. The molecule has 0 radical (unpaired) electrons. The van der Waals surface area contributed by atoms with Crippen molar-refractivity contribution < 1.29 is 17.5 Å². The zero-order valence-electron chi connectivity index (χ0n) is 11.6. The van der Waals surface area contributed by atoms with E-state index in [1.807, 2.05) is 0 Å². The number of methoxy groups -OCH3 is 1. The quantitative estimate of drug-likeness (QED) is 0.850. The lowest BCUT2D eigenvalue weighted by atomic mass is 10.2. The first kappa shape index (κ1) is 15.1. The van der Waals surface area contributed by atoms with Gasteiger partial charge < -0.3 is 10.5 Å². The highest BCUT2D eigenvalue weighted by molar-refractivity contribution is 7.92. The van der Waals surface area contributed by atoms with Gasteiger partial charge in [0.15, 0.2) is 11.6 Å². The third-order valence-electron chi connectivity index (χ3n) is 3.05. The molecule has 2 rings (SSSR count). The molecule has 2 aromatic carbocycles. The van der Waals surface area contributed by atoms with E-state index in [0.29, 0.717) is 16.9 Å². The van der Waals surface area contributed by atoms with Crippen molar-refractivity contribution in [2.45, 2.75) is 11.8 Å². The molecule has 0 atom stereocenters. The molecule has 0 aliphatic heterocycles. The Bertz CT molecular complexity index is 776. The average Bonchev–Trinajstić information content (AvgIpc) is 2.43. The van der Waals surface area contributed by atoms with Gasteiger partial charge in [-0.3, -0.25) is 4.72 Å². The molecule has 2 aromatic rings. The van der Waals surface area contributed by atoms with Crippen LogP contribution in [0.3, 0.4) is 0 Å². The Hall–Kier alpha value is -2.28. The van der Waals surface area contributed by atoms with Gasteiger partial charge in [-0.15, -0.1) is 0 Å². The fraction of sp³-hybridized carbons (Fsp3) is 0.143. The zero-order chi connectivity index (χ0) is 15.6. The van der Waals surface area contributed by atoms with Crippen molar-refractivity contribution in [3.05, 3.63) is 47.8 Å². The molecule has 0 saturated heterocycles. The number of hydrogen-bond acceptors (Lipinski definition) is 4. The molecule has 112 valence electrons. The minimum Gasteiger partial charge on any atom is -0.494 e. The molecule has 0 saturated carbocycles. The number of halogens is 1. The first-order valence-electron chi connectivity index (χ1n) is 6.06. The van der Waals surface area contributed by atoms with E-state index in [0.717, 1.165) is 6.07 Å². The van der Waals surface area contributed by atoms with Crippen LogP contribution in [0.4, 0.5) is 15.8 Å². The smallest absolute Gasteiger partial charge is 0.262 e. The van der Waals surface area contributed by atoms with Gasteiger partial charge >= 0.3 is 0 Å². The van der Waals surface area contributed by atoms with E-state index < -0.39 is 15.8 Å². The second kappa shape index (κ2) is 5.61. The normalized spacial score (nSPS) is 11.2. The maximum atomic E-state index is 13.6. The highest BCUT2D eigenvalue weighted by atomic mass is 32.2. The number of nitrogen functional groups attached to an aromatic ring is 1. The fourth-order valence-electron chi connectivity index (χ4n) is 1.78. The van der Waals surface area contributed by atoms with Crippen LogP contribution >= 0.6 is 0 Å². The summed E-state index contributed by atoms with van der Waals surface area (Å²) in [5, 5.41) is 0. The first-order chi connectivity index (χ1) is 9.85. The molecule has 0 aliphatic rings. The predicted molar refractivity (Wildman–Crippen MR) is 79.4 cm³/mol. The molecule has 0 amide bonds. The van der Waals surface area contributed by atoms with Crippen molar-refractivity contribution in [1.29, 1.82) is 0 Å². The Morgan fingerprint density at radius 3 is 2.57 bits per heavy atom. The highest BCUT2D eigenvalue weighted by Gasteiger charge is 2.18. The van der Waals surface area contributed by atoms with Gasteiger partial charge in [-0.05, 0) is 42.8 Å². The van der Waals surface area contributed by atoms with Gasteiger partial charge in [0.2, 0.25) is 0 Å². The number of ether oxygens (including phenoxy) is 1. The first-order valence-corrected chi connectivity index (χ1v) is 7.55. The molecule has 3 N–H and O–H groups in total. The number of hydrogen-bond donors (Lipinski definition) is 2. The Labute approximate surface area is 122 Å². The number of anilines is 2. The van der Waals surface area contributed by atoms with Gasteiger partial charge in [0.05, 0.1) is 17.7 Å². The van der Waals surface area contributed by atoms with Crippen LogP contribution in [0.1, 0.15) is 5.56 Å². The second-order valence-electron chi connectivity index (χ2n) is 4.42. The van der Waals surface area contributed by atoms with Gasteiger partial charge in [0, 0.05) is 5.69 Å². The Balaban J connectivity index is 2.39. The van der Waals surface area contributed by atoms with Crippen LogP contribution in [-0.2, 0) is 10.0 Å². The van der Waals surface area contributed by atoms with Crippen molar-refractivity contribution in [2.75, 3.05) is 17.6 Å². The van der Waals surface area contributed by atoms with Gasteiger partial charge in [-0.2, -0.15) is 0 Å². The van der Waals surface area contributed by atoms with Gasteiger partial charge in [0.25, 0.3) is 10.0 Å². The van der Waals surface area contributed by atoms with Crippen molar-refractivity contribution in [3.63, 3.8) is 0 Å². The molecule has 5 nitrogen and oxygen atoms in total. The standard InChI is InChI=1S/C14H15FN2O3S/c1-9-12(16)4-3-5-13(9)17-21(18,19)10-6-7-14(20-2)11(15)8-10/h3-8,17H,16H2,1-2H3. The van der Waals surface area contributed by atoms with Crippen LogP contribution in [0.25, 0.3) is 0 Å². The largest absolute Gasteiger partial charge is 0.494 e. The SMILES string of the molecule is COc1ccc(S(=O)(=O)Nc2cccc(N)c2C)cc1F. The summed E-state index contributed by atoms with van der Waals surface area (Å²) in [4.78, 5) is -0.192. The van der Waals surface area contributed by atoms with Crippen molar-refractivity contribution in [3.8, 4) is 5.75 Å². The van der Waals surface area contributed by atoms with Crippen molar-refractivity contribution >= 4 is 21.4 Å². The maximum absolute atomic E-state index is 13.6. The van der Waals surface area contributed by atoms with Crippen LogP contribution in [0.2, 0.25) is 0 Å². The summed E-state index contributed by atoms with van der Waals surface area (Å²) in [6.07, 6.45) is 0. The lowest BCUT2D eigenvalue weighted by Crippen LogP contribution is -2.14. The van der Waals surface area contributed by atoms with Crippen molar-refractivity contribution in [2.24, 2.45) is 0 Å². The molecule has 0 spiro atoms. The summed E-state index contributed by atoms with van der Waals surface area (Å²) in [7, 11) is -2.59. The number of nitrogens with one attached hydrogen (secondary N) is 1. The number of sulfonamides is 1. The lowest BCUT2D eigenvalue weighted by molar-refractivity contribution is 0.385. The predicted octanol–water partition coefficient (Wildman–Crippen LogP) is 2.53. The van der Waals surface area contributed by atoms with Gasteiger partial charge in [-0.25, -0.2) is 12.8 Å². The molecular weight excluding hydrogens is 295 g/mol. The molecule has 0 fully saturated rings. The minimum atomic E-state index is -3.90. The highest BCUT2D eigenvalue weighted by Crippen LogP contribution is 2.25. The molecule has 0 aromatic heterocycles. The van der Waals surface area contributed by atoms with Crippen molar-refractivity contribution in [1.82, 2.24) is 0 Å². The van der Waals surface area contributed by atoms with Crippen LogP contribution in [-0.4, -0.2) is 15.5 Å². The molecule has 0 aliphatic carbocycles. The zero-order valence-corrected chi connectivity index (χ0v) is 12.4. The monoisotopic (exact) mass is 310 g/mol. The van der Waals surface area contributed by atoms with E-state index in [1.54, 1.807) is 25.1 Å². The van der Waals surface area contributed by atoms with Crippen LogP contribution in [0, 0.1) is 12.7 Å². The van der Waals surface area contributed by atoms with Gasteiger partial charge in [-0.1, -0.05) is 6.07 Å².